The van der Waals surface area contributed by atoms with E-state index in [0.29, 0.717) is 5.66 Å². The zero-order chi connectivity index (χ0) is 13.8. The third-order valence-electron chi connectivity index (χ3n) is 3.24. The Kier molecular flexibility index (Phi) is 13.3. The summed E-state index contributed by atoms with van der Waals surface area (Å²) in [6.07, 6.45) is 13.6. The number of rotatable bonds is 11. The molecule has 1 atom stereocenters. The summed E-state index contributed by atoms with van der Waals surface area (Å²) in [6.45, 7) is 5.86. The predicted molar refractivity (Wildman–Crippen MR) is 89.1 cm³/mol. The molecule has 3 heteroatoms. The number of halogens is 2. The Labute approximate surface area is 125 Å². The van der Waals surface area contributed by atoms with Gasteiger partial charge in [-0.15, -0.1) is 0 Å². The lowest BCUT2D eigenvalue weighted by Crippen LogP contribution is -2.00. The highest BCUT2D eigenvalue weighted by atomic mass is 35.9. The lowest BCUT2D eigenvalue weighted by Gasteiger charge is -2.16. The average molecular weight is 311 g/mol. The van der Waals surface area contributed by atoms with Crippen LogP contribution < -0.4 is 0 Å². The Morgan fingerprint density at radius 2 is 1.44 bits per heavy atom. The van der Waals surface area contributed by atoms with Gasteiger partial charge in [-0.2, -0.15) is 0 Å². The molecule has 1 unspecified atom stereocenters. The minimum absolute atomic E-state index is 0.409. The van der Waals surface area contributed by atoms with Gasteiger partial charge in [0, 0.05) is 5.66 Å². The maximum Gasteiger partial charge on any atom is 0.0924 e. The minimum Gasteiger partial charge on any atom is -0.0775 e. The van der Waals surface area contributed by atoms with Gasteiger partial charge in [0.1, 0.15) is 0 Å². The van der Waals surface area contributed by atoms with Gasteiger partial charge in [0.25, 0.3) is 0 Å². The fourth-order valence-corrected chi connectivity index (χ4v) is 3.65. The zero-order valence-electron chi connectivity index (χ0n) is 12.2. The summed E-state index contributed by atoms with van der Waals surface area (Å²) in [5.41, 5.74) is 2.00. The Morgan fingerprint density at radius 3 is 1.83 bits per heavy atom. The molecule has 0 radical (unpaired) electrons. The molecule has 0 aliphatic rings. The molecule has 0 aromatic rings. The van der Waals surface area contributed by atoms with Crippen LogP contribution in [-0.2, 0) is 0 Å². The van der Waals surface area contributed by atoms with E-state index in [2.05, 4.69) is 26.8 Å². The molecular formula is C15H29Cl2P. The summed E-state index contributed by atoms with van der Waals surface area (Å²) < 4.78 is 0. The fourth-order valence-electron chi connectivity index (χ4n) is 2.02. The molecule has 0 heterocycles. The van der Waals surface area contributed by atoms with Crippen LogP contribution in [-0.4, -0.2) is 5.66 Å². The first-order valence-electron chi connectivity index (χ1n) is 7.45. The van der Waals surface area contributed by atoms with E-state index in [4.69, 9.17) is 22.5 Å². The molecule has 0 fully saturated rings. The Bertz CT molecular complexity index is 205. The Morgan fingerprint density at radius 1 is 0.944 bits per heavy atom. The van der Waals surface area contributed by atoms with Crippen molar-refractivity contribution in [1.82, 2.24) is 0 Å². The second-order valence-electron chi connectivity index (χ2n) is 5.00. The quantitative estimate of drug-likeness (QED) is 0.271. The number of hydrogen-bond acceptors (Lipinski definition) is 0. The SMILES string of the molecule is CCCCC(=CC(CCCC)P(Cl)Cl)CCCC. The molecule has 108 valence electrons. The van der Waals surface area contributed by atoms with Crippen molar-refractivity contribution in [1.29, 1.82) is 0 Å². The Hall–Kier alpha value is 0.750. The van der Waals surface area contributed by atoms with Crippen LogP contribution in [0.1, 0.15) is 78.6 Å². The smallest absolute Gasteiger partial charge is 0.0775 e. The van der Waals surface area contributed by atoms with Crippen LogP contribution in [0.2, 0.25) is 0 Å². The van der Waals surface area contributed by atoms with Crippen LogP contribution >= 0.6 is 29.1 Å². The van der Waals surface area contributed by atoms with Crippen LogP contribution in [0.4, 0.5) is 0 Å². The first kappa shape index (κ1) is 18.8. The minimum atomic E-state index is -0.870. The van der Waals surface area contributed by atoms with Crippen molar-refractivity contribution in [2.24, 2.45) is 0 Å². The molecule has 0 nitrogen and oxygen atoms in total. The lowest BCUT2D eigenvalue weighted by atomic mass is 10.0. The molecule has 0 N–H and O–H groups in total. The lowest BCUT2D eigenvalue weighted by molar-refractivity contribution is 0.694. The third-order valence-corrected chi connectivity index (χ3v) is 5.65. The summed E-state index contributed by atoms with van der Waals surface area (Å²) >= 11 is 12.4. The van der Waals surface area contributed by atoms with E-state index in [1.54, 1.807) is 5.57 Å². The van der Waals surface area contributed by atoms with E-state index in [1.807, 2.05) is 0 Å². The summed E-state index contributed by atoms with van der Waals surface area (Å²) in [5, 5.41) is 0. The van der Waals surface area contributed by atoms with Crippen molar-refractivity contribution >= 4 is 29.1 Å². The molecule has 0 aromatic heterocycles. The third kappa shape index (κ3) is 9.65. The van der Waals surface area contributed by atoms with Crippen LogP contribution in [0.15, 0.2) is 11.6 Å². The van der Waals surface area contributed by atoms with Gasteiger partial charge < -0.3 is 0 Å². The zero-order valence-corrected chi connectivity index (χ0v) is 14.6. The topological polar surface area (TPSA) is 0 Å². The van der Waals surface area contributed by atoms with Gasteiger partial charge in [0.05, 0.1) is 6.63 Å². The van der Waals surface area contributed by atoms with Gasteiger partial charge in [0.15, 0.2) is 0 Å². The summed E-state index contributed by atoms with van der Waals surface area (Å²) in [5.74, 6) is 0. The van der Waals surface area contributed by atoms with Gasteiger partial charge in [-0.05, 0) is 32.1 Å². The molecule has 0 aliphatic heterocycles. The number of allylic oxidation sites excluding steroid dienone is 2. The predicted octanol–water partition coefficient (Wildman–Crippen LogP) is 7.64. The van der Waals surface area contributed by atoms with E-state index in [0.717, 1.165) is 6.42 Å². The fraction of sp³-hybridized carbons (Fsp3) is 0.867. The van der Waals surface area contributed by atoms with Gasteiger partial charge in [-0.3, -0.25) is 0 Å². The van der Waals surface area contributed by atoms with Crippen LogP contribution in [0.3, 0.4) is 0 Å². The second-order valence-corrected chi connectivity index (χ2v) is 8.89. The van der Waals surface area contributed by atoms with E-state index in [1.165, 1.54) is 51.4 Å². The van der Waals surface area contributed by atoms with E-state index >= 15 is 0 Å². The first-order valence-corrected chi connectivity index (χ1v) is 10.7. The largest absolute Gasteiger partial charge is 0.0924 e. The molecule has 0 spiro atoms. The van der Waals surface area contributed by atoms with Crippen molar-refractivity contribution in [2.75, 3.05) is 0 Å². The van der Waals surface area contributed by atoms with E-state index in [-0.39, 0.29) is 0 Å². The summed E-state index contributed by atoms with van der Waals surface area (Å²) in [4.78, 5) is 0. The van der Waals surface area contributed by atoms with E-state index in [9.17, 15) is 0 Å². The highest BCUT2D eigenvalue weighted by Gasteiger charge is 2.15. The molecule has 18 heavy (non-hydrogen) atoms. The second kappa shape index (κ2) is 12.8. The van der Waals surface area contributed by atoms with Crippen LogP contribution in [0.25, 0.3) is 0 Å². The number of unbranched alkanes of at least 4 members (excludes halogenated alkanes) is 3. The first-order chi connectivity index (χ1) is 8.65. The molecule has 0 bridgehead atoms. The van der Waals surface area contributed by atoms with Crippen molar-refractivity contribution in [3.63, 3.8) is 0 Å². The highest BCUT2D eigenvalue weighted by Crippen LogP contribution is 2.54. The normalized spacial score (nSPS) is 12.8. The Balaban J connectivity index is 4.49. The highest BCUT2D eigenvalue weighted by molar-refractivity contribution is 8.04. The maximum absolute atomic E-state index is 6.18. The van der Waals surface area contributed by atoms with Gasteiger partial charge in [0.2, 0.25) is 0 Å². The van der Waals surface area contributed by atoms with Gasteiger partial charge >= 0.3 is 0 Å². The average Bonchev–Trinajstić information content (AvgIpc) is 2.36. The molecule has 0 saturated carbocycles. The molecule has 0 saturated heterocycles. The standard InChI is InChI=1S/C15H29Cl2P/c1-4-7-10-14(11-8-5-2)13-15(18(16)17)12-9-6-3/h13,15H,4-12H2,1-3H3. The maximum atomic E-state index is 6.18. The summed E-state index contributed by atoms with van der Waals surface area (Å²) in [6, 6.07) is 0. The van der Waals surface area contributed by atoms with Crippen molar-refractivity contribution in [3.05, 3.63) is 11.6 Å². The molecule has 0 rings (SSSR count). The molecule has 0 amide bonds. The molecule has 0 aromatic carbocycles. The number of hydrogen-bond donors (Lipinski definition) is 0. The van der Waals surface area contributed by atoms with E-state index < -0.39 is 6.63 Å². The van der Waals surface area contributed by atoms with Crippen LogP contribution in [0, 0.1) is 0 Å². The van der Waals surface area contributed by atoms with Gasteiger partial charge in [-0.25, -0.2) is 0 Å². The molecule has 0 aliphatic carbocycles. The van der Waals surface area contributed by atoms with Crippen LogP contribution in [0.5, 0.6) is 0 Å². The molecular weight excluding hydrogens is 282 g/mol. The summed E-state index contributed by atoms with van der Waals surface area (Å²) in [7, 11) is 0. The van der Waals surface area contributed by atoms with Crippen molar-refractivity contribution in [2.45, 2.75) is 84.2 Å². The van der Waals surface area contributed by atoms with Crippen molar-refractivity contribution < 1.29 is 0 Å². The van der Waals surface area contributed by atoms with Gasteiger partial charge in [-0.1, -0.05) is 80.6 Å². The monoisotopic (exact) mass is 310 g/mol. The van der Waals surface area contributed by atoms with Crippen molar-refractivity contribution in [3.8, 4) is 0 Å².